The Balaban J connectivity index is 1.67. The molecule has 0 spiro atoms. The molecule has 1 atom stereocenters. The van der Waals surface area contributed by atoms with Crippen molar-refractivity contribution in [1.29, 1.82) is 0 Å². The van der Waals surface area contributed by atoms with E-state index in [1.54, 1.807) is 26.0 Å². The van der Waals surface area contributed by atoms with Crippen molar-refractivity contribution in [2.75, 3.05) is 22.9 Å². The lowest BCUT2D eigenvalue weighted by molar-refractivity contribution is -0.119. The van der Waals surface area contributed by atoms with Crippen LogP contribution in [0.4, 0.5) is 11.4 Å². The fraction of sp³-hybridized carbons (Fsp3) is 0.417. The van der Waals surface area contributed by atoms with Crippen molar-refractivity contribution in [1.82, 2.24) is 0 Å². The van der Waals surface area contributed by atoms with Crippen LogP contribution in [-0.2, 0) is 9.59 Å². The molecule has 2 aromatic rings. The van der Waals surface area contributed by atoms with Crippen molar-refractivity contribution in [3.05, 3.63) is 59.8 Å². The van der Waals surface area contributed by atoms with E-state index in [2.05, 4.69) is 11.8 Å². The molecule has 0 aliphatic carbocycles. The van der Waals surface area contributed by atoms with Gasteiger partial charge < -0.3 is 14.4 Å². The molecule has 6 heteroatoms. The maximum atomic E-state index is 13.0. The van der Waals surface area contributed by atoms with E-state index in [0.717, 1.165) is 24.7 Å². The van der Waals surface area contributed by atoms with Crippen molar-refractivity contribution < 1.29 is 19.1 Å². The Morgan fingerprint density at radius 3 is 2.30 bits per heavy atom. The van der Waals surface area contributed by atoms with Crippen molar-refractivity contribution >= 4 is 23.1 Å². The first-order valence-corrected chi connectivity index (χ1v) is 10.6. The first-order chi connectivity index (χ1) is 14.4. The summed E-state index contributed by atoms with van der Waals surface area (Å²) in [5, 5.41) is 10.6. The van der Waals surface area contributed by atoms with Crippen molar-refractivity contribution in [2.45, 2.75) is 39.7 Å². The Hall–Kier alpha value is -3.02. The Bertz CT molecular complexity index is 952. The van der Waals surface area contributed by atoms with E-state index < -0.39 is 17.7 Å². The van der Waals surface area contributed by atoms with E-state index in [9.17, 15) is 14.7 Å². The fourth-order valence-electron chi connectivity index (χ4n) is 4.24. The molecule has 0 radical (unpaired) electrons. The van der Waals surface area contributed by atoms with Gasteiger partial charge in [0.25, 0.3) is 5.91 Å². The number of aliphatic hydroxyl groups excluding tert-OH is 1. The minimum absolute atomic E-state index is 0.0963. The molecule has 1 N–H and O–H groups in total. The van der Waals surface area contributed by atoms with Gasteiger partial charge in [-0.2, -0.15) is 0 Å². The molecule has 2 aliphatic heterocycles. The second-order valence-corrected chi connectivity index (χ2v) is 8.56. The second kappa shape index (κ2) is 8.01. The Kier molecular flexibility index (Phi) is 5.41. The van der Waals surface area contributed by atoms with E-state index in [4.69, 9.17) is 4.42 Å². The first kappa shape index (κ1) is 20.3. The van der Waals surface area contributed by atoms with Crippen molar-refractivity contribution in [2.24, 2.45) is 11.8 Å². The number of furan rings is 1. The van der Waals surface area contributed by atoms with Gasteiger partial charge in [0.05, 0.1) is 11.8 Å². The number of Topliss-reactive ketones (excluding diaryl/α,β-unsaturated/α-hetero) is 1. The van der Waals surface area contributed by atoms with Crippen LogP contribution in [0.3, 0.4) is 0 Å². The predicted octanol–water partition coefficient (Wildman–Crippen LogP) is 4.64. The lowest BCUT2D eigenvalue weighted by Crippen LogP contribution is -2.33. The number of aliphatic hydroxyl groups is 1. The summed E-state index contributed by atoms with van der Waals surface area (Å²) in [6.45, 7) is 7.83. The van der Waals surface area contributed by atoms with Gasteiger partial charge in [-0.25, -0.2) is 0 Å². The number of carbonyl (C=O) groups excluding carboxylic acids is 2. The molecule has 1 aromatic carbocycles. The lowest BCUT2D eigenvalue weighted by Gasteiger charge is -2.32. The molecule has 6 nitrogen and oxygen atoms in total. The molecular formula is C24H28N2O4. The summed E-state index contributed by atoms with van der Waals surface area (Å²) in [6.07, 6.45) is 3.85. The number of ketones is 1. The normalized spacial score (nSPS) is 20.5. The van der Waals surface area contributed by atoms with E-state index in [-0.39, 0.29) is 17.3 Å². The van der Waals surface area contributed by atoms with Crippen LogP contribution >= 0.6 is 0 Å². The molecule has 1 aromatic heterocycles. The topological polar surface area (TPSA) is 74.0 Å². The zero-order valence-electron chi connectivity index (χ0n) is 17.7. The SMILES string of the molecule is CC1CCN(c2ccc(N3C(=O)C(O)=C(C(=O)C(C)C)C3c3ccco3)cc2)CC1. The minimum Gasteiger partial charge on any atom is -0.503 e. The third kappa shape index (κ3) is 3.51. The van der Waals surface area contributed by atoms with E-state index in [0.29, 0.717) is 11.4 Å². The van der Waals surface area contributed by atoms with Crippen LogP contribution in [-0.4, -0.2) is 29.9 Å². The van der Waals surface area contributed by atoms with Gasteiger partial charge in [-0.15, -0.1) is 0 Å². The van der Waals surface area contributed by atoms with Gasteiger partial charge in [0.2, 0.25) is 0 Å². The van der Waals surface area contributed by atoms with Gasteiger partial charge in [0.15, 0.2) is 11.5 Å². The Morgan fingerprint density at radius 2 is 1.73 bits per heavy atom. The van der Waals surface area contributed by atoms with E-state index in [1.807, 2.05) is 24.3 Å². The number of benzene rings is 1. The van der Waals surface area contributed by atoms with Crippen LogP contribution in [0.1, 0.15) is 45.4 Å². The highest BCUT2D eigenvalue weighted by Crippen LogP contribution is 2.42. The smallest absolute Gasteiger partial charge is 0.294 e. The molecule has 4 rings (SSSR count). The summed E-state index contributed by atoms with van der Waals surface area (Å²) in [6, 6.07) is 10.4. The number of piperidine rings is 1. The maximum absolute atomic E-state index is 13.0. The average Bonchev–Trinajstić information content (AvgIpc) is 3.35. The summed E-state index contributed by atoms with van der Waals surface area (Å²) >= 11 is 0. The highest BCUT2D eigenvalue weighted by atomic mass is 16.3. The number of carbonyl (C=O) groups is 2. The quantitative estimate of drug-likeness (QED) is 0.780. The van der Waals surface area contributed by atoms with Crippen LogP contribution < -0.4 is 9.80 Å². The summed E-state index contributed by atoms with van der Waals surface area (Å²) in [5.74, 6) is -0.488. The molecule has 3 heterocycles. The minimum atomic E-state index is -0.774. The van der Waals surface area contributed by atoms with Crippen molar-refractivity contribution in [3.8, 4) is 0 Å². The summed E-state index contributed by atoms with van der Waals surface area (Å²) < 4.78 is 5.56. The van der Waals surface area contributed by atoms with Gasteiger partial charge >= 0.3 is 0 Å². The molecule has 0 saturated carbocycles. The fourth-order valence-corrected chi connectivity index (χ4v) is 4.24. The zero-order valence-corrected chi connectivity index (χ0v) is 17.7. The monoisotopic (exact) mass is 408 g/mol. The van der Waals surface area contributed by atoms with Gasteiger partial charge in [0.1, 0.15) is 11.8 Å². The third-order valence-corrected chi connectivity index (χ3v) is 6.09. The zero-order chi connectivity index (χ0) is 21.4. The van der Waals surface area contributed by atoms with Gasteiger partial charge in [-0.1, -0.05) is 20.8 Å². The number of rotatable bonds is 5. The molecule has 158 valence electrons. The molecule has 1 amide bonds. The van der Waals surface area contributed by atoms with Crippen LogP contribution in [0, 0.1) is 11.8 Å². The van der Waals surface area contributed by atoms with Gasteiger partial charge in [0, 0.05) is 30.4 Å². The summed E-state index contributed by atoms with van der Waals surface area (Å²) in [4.78, 5) is 29.6. The largest absolute Gasteiger partial charge is 0.503 e. The van der Waals surface area contributed by atoms with Gasteiger partial charge in [-0.3, -0.25) is 14.5 Å². The number of hydrogen-bond donors (Lipinski definition) is 1. The highest BCUT2D eigenvalue weighted by molar-refractivity contribution is 6.16. The Morgan fingerprint density at radius 1 is 1.10 bits per heavy atom. The molecule has 2 aliphatic rings. The maximum Gasteiger partial charge on any atom is 0.294 e. The van der Waals surface area contributed by atoms with Gasteiger partial charge in [-0.05, 0) is 55.2 Å². The molecule has 30 heavy (non-hydrogen) atoms. The number of hydrogen-bond acceptors (Lipinski definition) is 5. The predicted molar refractivity (Wildman–Crippen MR) is 115 cm³/mol. The van der Waals surface area contributed by atoms with Crippen LogP contribution in [0.2, 0.25) is 0 Å². The Labute approximate surface area is 176 Å². The number of anilines is 2. The summed E-state index contributed by atoms with van der Waals surface area (Å²) in [7, 11) is 0. The molecule has 1 saturated heterocycles. The molecular weight excluding hydrogens is 380 g/mol. The lowest BCUT2D eigenvalue weighted by atomic mass is 9.94. The van der Waals surface area contributed by atoms with E-state index in [1.165, 1.54) is 24.0 Å². The van der Waals surface area contributed by atoms with Crippen molar-refractivity contribution in [3.63, 3.8) is 0 Å². The first-order valence-electron chi connectivity index (χ1n) is 10.6. The molecule has 1 unspecified atom stereocenters. The highest BCUT2D eigenvalue weighted by Gasteiger charge is 2.46. The third-order valence-electron chi connectivity index (χ3n) is 6.09. The van der Waals surface area contributed by atoms with Crippen LogP contribution in [0.5, 0.6) is 0 Å². The molecule has 1 fully saturated rings. The van der Waals surface area contributed by atoms with Crippen LogP contribution in [0.25, 0.3) is 0 Å². The average molecular weight is 408 g/mol. The van der Waals surface area contributed by atoms with E-state index >= 15 is 0 Å². The standard InChI is InChI=1S/C24H28N2O4/c1-15(2)22(27)20-21(19-5-4-14-30-19)26(24(29)23(20)28)18-8-6-17(7-9-18)25-12-10-16(3)11-13-25/h4-9,14-16,21,28H,10-13H2,1-3H3. The molecule has 0 bridgehead atoms. The van der Waals surface area contributed by atoms with Crippen LogP contribution in [0.15, 0.2) is 58.4 Å². The second-order valence-electron chi connectivity index (χ2n) is 8.56. The number of amides is 1. The summed E-state index contributed by atoms with van der Waals surface area (Å²) in [5.41, 5.74) is 1.83. The number of nitrogens with zero attached hydrogens (tertiary/aromatic N) is 2.